The summed E-state index contributed by atoms with van der Waals surface area (Å²) in [5.41, 5.74) is 3.00. The zero-order valence-corrected chi connectivity index (χ0v) is 16.6. The van der Waals surface area contributed by atoms with E-state index in [1.165, 1.54) is 12.8 Å². The molecule has 4 rings (SSSR count). The highest BCUT2D eigenvalue weighted by atomic mass is 16.2. The zero-order chi connectivity index (χ0) is 20.4. The van der Waals surface area contributed by atoms with Gasteiger partial charge in [-0.3, -0.25) is 19.3 Å². The summed E-state index contributed by atoms with van der Waals surface area (Å²) in [5.74, 6) is -0.372. The van der Waals surface area contributed by atoms with Gasteiger partial charge in [-0.05, 0) is 54.7 Å². The smallest absolute Gasteiger partial charge is 0.261 e. The van der Waals surface area contributed by atoms with Gasteiger partial charge in [-0.25, -0.2) is 0 Å². The van der Waals surface area contributed by atoms with Crippen LogP contribution in [0.1, 0.15) is 35.7 Å². The number of hydrogen-bond donors (Lipinski definition) is 1. The molecular weight excluding hydrogens is 366 g/mol. The number of carbonyl (C=O) groups is 3. The van der Waals surface area contributed by atoms with E-state index < -0.39 is 5.91 Å². The van der Waals surface area contributed by atoms with Gasteiger partial charge in [0.25, 0.3) is 5.91 Å². The highest BCUT2D eigenvalue weighted by Gasteiger charge is 2.31. The summed E-state index contributed by atoms with van der Waals surface area (Å²) in [6, 6.07) is 14.7. The third-order valence-electron chi connectivity index (χ3n) is 5.74. The molecule has 2 heterocycles. The van der Waals surface area contributed by atoms with Crippen molar-refractivity contribution in [3.63, 3.8) is 0 Å². The van der Waals surface area contributed by atoms with Crippen LogP contribution in [0.2, 0.25) is 0 Å². The molecule has 0 aliphatic carbocycles. The maximum absolute atomic E-state index is 12.6. The molecule has 6 heteroatoms. The summed E-state index contributed by atoms with van der Waals surface area (Å²) in [6.45, 7) is 4.10. The molecule has 150 valence electrons. The Kier molecular flexibility index (Phi) is 5.34. The monoisotopic (exact) mass is 391 g/mol. The predicted octanol–water partition coefficient (Wildman–Crippen LogP) is 3.09. The molecule has 2 aliphatic heterocycles. The summed E-state index contributed by atoms with van der Waals surface area (Å²) in [4.78, 5) is 40.7. The number of carbonyl (C=O) groups excluding carboxylic acids is 3. The zero-order valence-electron chi connectivity index (χ0n) is 16.6. The molecule has 2 aromatic carbocycles. The van der Waals surface area contributed by atoms with Gasteiger partial charge in [0.15, 0.2) is 0 Å². The van der Waals surface area contributed by atoms with Crippen LogP contribution in [0.3, 0.4) is 0 Å². The Labute approximate surface area is 170 Å². The van der Waals surface area contributed by atoms with E-state index in [1.807, 2.05) is 24.3 Å². The van der Waals surface area contributed by atoms with E-state index in [1.54, 1.807) is 24.3 Å². The number of benzene rings is 2. The molecule has 0 aromatic heterocycles. The van der Waals surface area contributed by atoms with Gasteiger partial charge in [-0.15, -0.1) is 0 Å². The second-order valence-electron chi connectivity index (χ2n) is 7.88. The fourth-order valence-electron chi connectivity index (χ4n) is 3.93. The number of fused-ring (bicyclic) bond motifs is 1. The lowest BCUT2D eigenvalue weighted by molar-refractivity contribution is -0.131. The summed E-state index contributed by atoms with van der Waals surface area (Å²) in [6.07, 6.45) is 2.53. The third-order valence-corrected chi connectivity index (χ3v) is 5.74. The summed E-state index contributed by atoms with van der Waals surface area (Å²) in [5, 5.41) is 2.79. The van der Waals surface area contributed by atoms with Crippen LogP contribution < -0.4 is 10.2 Å². The van der Waals surface area contributed by atoms with Gasteiger partial charge < -0.3 is 10.2 Å². The van der Waals surface area contributed by atoms with E-state index in [0.29, 0.717) is 16.8 Å². The number of hydrogen-bond acceptors (Lipinski definition) is 4. The van der Waals surface area contributed by atoms with Crippen molar-refractivity contribution in [2.45, 2.75) is 26.2 Å². The number of amides is 3. The highest BCUT2D eigenvalue weighted by Crippen LogP contribution is 2.24. The van der Waals surface area contributed by atoms with Crippen LogP contribution in [0.4, 0.5) is 11.4 Å². The molecule has 1 fully saturated rings. The molecule has 0 bridgehead atoms. The minimum Gasteiger partial charge on any atom is -0.372 e. The second kappa shape index (κ2) is 8.07. The standard InChI is InChI=1S/C23H25N3O3/c1-16-10-12-25(13-11-16)19-8-6-18(7-9-19)24-21(27)15-26-22(28)14-17-4-2-3-5-20(17)23(26)29/h2-9,16H,10-15H2,1H3,(H,24,27). The number of nitrogens with zero attached hydrogens (tertiary/aromatic N) is 2. The van der Waals surface area contributed by atoms with Crippen molar-refractivity contribution in [1.82, 2.24) is 4.90 Å². The lowest BCUT2D eigenvalue weighted by Gasteiger charge is -2.32. The maximum atomic E-state index is 12.6. The first-order valence-corrected chi connectivity index (χ1v) is 10.1. The molecule has 29 heavy (non-hydrogen) atoms. The van der Waals surface area contributed by atoms with E-state index in [0.717, 1.165) is 29.6 Å². The van der Waals surface area contributed by atoms with Gasteiger partial charge in [-0.2, -0.15) is 0 Å². The topological polar surface area (TPSA) is 69.7 Å². The molecule has 0 atom stereocenters. The average molecular weight is 391 g/mol. The van der Waals surface area contributed by atoms with Crippen molar-refractivity contribution < 1.29 is 14.4 Å². The molecule has 1 N–H and O–H groups in total. The van der Waals surface area contributed by atoms with E-state index in [9.17, 15) is 14.4 Å². The second-order valence-corrected chi connectivity index (χ2v) is 7.88. The van der Waals surface area contributed by atoms with Crippen LogP contribution in [0.15, 0.2) is 48.5 Å². The summed E-state index contributed by atoms with van der Waals surface area (Å²) in [7, 11) is 0. The van der Waals surface area contributed by atoms with Crippen LogP contribution in [-0.4, -0.2) is 42.3 Å². The Bertz CT molecular complexity index is 931. The summed E-state index contributed by atoms with van der Waals surface area (Å²) >= 11 is 0. The lowest BCUT2D eigenvalue weighted by Crippen LogP contribution is -2.46. The normalized spacial score (nSPS) is 17.3. The van der Waals surface area contributed by atoms with Crippen molar-refractivity contribution in [2.75, 3.05) is 29.9 Å². The fraction of sp³-hybridized carbons (Fsp3) is 0.348. The lowest BCUT2D eigenvalue weighted by atomic mass is 9.98. The molecule has 3 amide bonds. The van der Waals surface area contributed by atoms with E-state index in [-0.39, 0.29) is 24.8 Å². The molecule has 0 unspecified atom stereocenters. The molecule has 0 spiro atoms. The number of nitrogens with one attached hydrogen (secondary N) is 1. The van der Waals surface area contributed by atoms with Crippen LogP contribution >= 0.6 is 0 Å². The number of rotatable bonds is 4. The molecule has 2 aliphatic rings. The van der Waals surface area contributed by atoms with Crippen LogP contribution in [0, 0.1) is 5.92 Å². The van der Waals surface area contributed by atoms with Crippen molar-refractivity contribution in [1.29, 1.82) is 0 Å². The minimum absolute atomic E-state index is 0.137. The van der Waals surface area contributed by atoms with Crippen molar-refractivity contribution in [2.24, 2.45) is 5.92 Å². The van der Waals surface area contributed by atoms with Crippen molar-refractivity contribution in [3.8, 4) is 0 Å². The van der Waals surface area contributed by atoms with E-state index in [4.69, 9.17) is 0 Å². The third kappa shape index (κ3) is 4.16. The average Bonchev–Trinajstić information content (AvgIpc) is 2.72. The van der Waals surface area contributed by atoms with Crippen LogP contribution in [0.25, 0.3) is 0 Å². The van der Waals surface area contributed by atoms with Gasteiger partial charge in [0.2, 0.25) is 11.8 Å². The minimum atomic E-state index is -0.415. The number of imide groups is 1. The first-order valence-electron chi connectivity index (χ1n) is 10.1. The van der Waals surface area contributed by atoms with Crippen molar-refractivity contribution >= 4 is 29.1 Å². The quantitative estimate of drug-likeness (QED) is 0.813. The Hall–Kier alpha value is -3.15. The SMILES string of the molecule is CC1CCN(c2ccc(NC(=O)CN3C(=O)Cc4ccccc4C3=O)cc2)CC1. The summed E-state index contributed by atoms with van der Waals surface area (Å²) < 4.78 is 0. The largest absolute Gasteiger partial charge is 0.372 e. The Morgan fingerprint density at radius 3 is 2.45 bits per heavy atom. The van der Waals surface area contributed by atoms with E-state index in [2.05, 4.69) is 17.1 Å². The first kappa shape index (κ1) is 19.2. The molecule has 2 aromatic rings. The predicted molar refractivity (Wildman–Crippen MR) is 112 cm³/mol. The molecule has 6 nitrogen and oxygen atoms in total. The van der Waals surface area contributed by atoms with Gasteiger partial charge in [0, 0.05) is 30.0 Å². The molecular formula is C23H25N3O3. The molecule has 0 saturated carbocycles. The first-order chi connectivity index (χ1) is 14.0. The number of anilines is 2. The van der Waals surface area contributed by atoms with Crippen LogP contribution in [0.5, 0.6) is 0 Å². The van der Waals surface area contributed by atoms with Gasteiger partial charge in [0.1, 0.15) is 6.54 Å². The van der Waals surface area contributed by atoms with E-state index >= 15 is 0 Å². The fourth-order valence-corrected chi connectivity index (χ4v) is 3.93. The Morgan fingerprint density at radius 1 is 1.03 bits per heavy atom. The molecule has 0 radical (unpaired) electrons. The van der Waals surface area contributed by atoms with Gasteiger partial charge >= 0.3 is 0 Å². The Morgan fingerprint density at radius 2 is 1.72 bits per heavy atom. The maximum Gasteiger partial charge on any atom is 0.261 e. The Balaban J connectivity index is 1.37. The van der Waals surface area contributed by atoms with Crippen molar-refractivity contribution in [3.05, 3.63) is 59.7 Å². The van der Waals surface area contributed by atoms with Gasteiger partial charge in [0.05, 0.1) is 6.42 Å². The molecule has 1 saturated heterocycles. The highest BCUT2D eigenvalue weighted by molar-refractivity contribution is 6.12. The van der Waals surface area contributed by atoms with Gasteiger partial charge in [-0.1, -0.05) is 25.1 Å². The number of piperidine rings is 1. The van der Waals surface area contributed by atoms with Crippen LogP contribution in [-0.2, 0) is 16.0 Å².